The lowest BCUT2D eigenvalue weighted by atomic mass is 10.0. The molecule has 3 aromatic rings. The Balaban J connectivity index is 1.38. The van der Waals surface area contributed by atoms with Gasteiger partial charge in [-0.3, -0.25) is 19.5 Å². The minimum absolute atomic E-state index is 0.0354. The Morgan fingerprint density at radius 3 is 2.79 bits per heavy atom. The van der Waals surface area contributed by atoms with Crippen LogP contribution in [-0.2, 0) is 19.7 Å². The van der Waals surface area contributed by atoms with Crippen LogP contribution in [0.15, 0.2) is 64.1 Å². The number of carbonyl (C=O) groups is 1. The Bertz CT molecular complexity index is 1210. The number of aliphatic hydroxyl groups excluding tert-OH is 1. The van der Waals surface area contributed by atoms with Crippen LogP contribution in [-0.4, -0.2) is 44.5 Å². The van der Waals surface area contributed by atoms with Crippen molar-refractivity contribution < 1.29 is 14.6 Å². The Morgan fingerprint density at radius 2 is 2.09 bits per heavy atom. The Labute approximate surface area is 207 Å². The van der Waals surface area contributed by atoms with Crippen molar-refractivity contribution in [1.82, 2.24) is 14.5 Å². The molecule has 0 saturated carbocycles. The zero-order chi connectivity index (χ0) is 24.1. The monoisotopic (exact) mass is 525 g/mol. The summed E-state index contributed by atoms with van der Waals surface area (Å²) in [5.41, 5.74) is 3.06. The van der Waals surface area contributed by atoms with Gasteiger partial charge >= 0.3 is 0 Å². The van der Waals surface area contributed by atoms with E-state index < -0.39 is 0 Å². The van der Waals surface area contributed by atoms with Gasteiger partial charge in [-0.15, -0.1) is 0 Å². The summed E-state index contributed by atoms with van der Waals surface area (Å²) in [6.45, 7) is 4.05. The van der Waals surface area contributed by atoms with E-state index in [0.717, 1.165) is 47.2 Å². The molecule has 3 heterocycles. The number of likely N-dealkylation sites (tertiary alicyclic amines) is 1. The van der Waals surface area contributed by atoms with Crippen molar-refractivity contribution in [3.8, 4) is 5.75 Å². The van der Waals surface area contributed by atoms with E-state index in [1.807, 2.05) is 37.3 Å². The topological polar surface area (TPSA) is 84.7 Å². The predicted molar refractivity (Wildman–Crippen MR) is 133 cm³/mol. The minimum Gasteiger partial charge on any atom is -0.487 e. The lowest BCUT2D eigenvalue weighted by Gasteiger charge is -2.23. The highest BCUT2D eigenvalue weighted by atomic mass is 79.9. The van der Waals surface area contributed by atoms with Gasteiger partial charge in [0.25, 0.3) is 5.56 Å². The van der Waals surface area contributed by atoms with E-state index in [1.165, 1.54) is 10.6 Å². The number of hydrogen-bond donors (Lipinski definition) is 1. The quantitative estimate of drug-likeness (QED) is 0.428. The first-order valence-corrected chi connectivity index (χ1v) is 12.1. The molecule has 2 aromatic heterocycles. The van der Waals surface area contributed by atoms with Gasteiger partial charge in [0.2, 0.25) is 0 Å². The third kappa shape index (κ3) is 6.00. The fourth-order valence-electron chi connectivity index (χ4n) is 4.28. The molecule has 1 atom stereocenters. The van der Waals surface area contributed by atoms with Gasteiger partial charge in [-0.05, 0) is 71.6 Å². The molecule has 1 aromatic carbocycles. The van der Waals surface area contributed by atoms with Crippen molar-refractivity contribution >= 4 is 21.7 Å². The molecule has 34 heavy (non-hydrogen) atoms. The molecular weight excluding hydrogens is 498 g/mol. The van der Waals surface area contributed by atoms with Crippen LogP contribution < -0.4 is 10.3 Å². The summed E-state index contributed by atoms with van der Waals surface area (Å²) in [6.07, 6.45) is 5.39. The van der Waals surface area contributed by atoms with E-state index in [4.69, 9.17) is 4.74 Å². The normalized spacial score (nSPS) is 16.0. The van der Waals surface area contributed by atoms with Crippen LogP contribution in [0.4, 0.5) is 0 Å². The summed E-state index contributed by atoms with van der Waals surface area (Å²) in [7, 11) is 0. The third-order valence-corrected chi connectivity index (χ3v) is 6.61. The molecular formula is C26H28BrN3O4. The number of hydrogen-bond acceptors (Lipinski definition) is 6. The molecule has 1 fully saturated rings. The first-order chi connectivity index (χ1) is 16.4. The van der Waals surface area contributed by atoms with Gasteiger partial charge in [0.15, 0.2) is 5.78 Å². The fraction of sp³-hybridized carbons (Fsp3) is 0.346. The van der Waals surface area contributed by atoms with E-state index in [2.05, 4.69) is 25.8 Å². The first-order valence-electron chi connectivity index (χ1n) is 11.3. The highest BCUT2D eigenvalue weighted by molar-refractivity contribution is 9.10. The molecule has 4 rings (SSSR count). The second-order valence-electron chi connectivity index (χ2n) is 8.61. The molecule has 1 saturated heterocycles. The summed E-state index contributed by atoms with van der Waals surface area (Å²) in [4.78, 5) is 32.0. The summed E-state index contributed by atoms with van der Waals surface area (Å²) in [5, 5.41) is 9.53. The van der Waals surface area contributed by atoms with Crippen molar-refractivity contribution in [2.45, 2.75) is 45.5 Å². The molecule has 1 aliphatic rings. The van der Waals surface area contributed by atoms with Gasteiger partial charge < -0.3 is 14.4 Å². The van der Waals surface area contributed by atoms with E-state index in [9.17, 15) is 14.7 Å². The molecule has 8 heteroatoms. The largest absolute Gasteiger partial charge is 0.487 e. The summed E-state index contributed by atoms with van der Waals surface area (Å²) < 4.78 is 7.93. The molecule has 0 bridgehead atoms. The summed E-state index contributed by atoms with van der Waals surface area (Å²) in [5.74, 6) is 0.315. The number of ether oxygens (including phenoxy) is 1. The number of pyridine rings is 2. The maximum atomic E-state index is 12.9. The van der Waals surface area contributed by atoms with Crippen LogP contribution in [0.25, 0.3) is 0 Å². The standard InChI is InChI=1S/C26H28BrN3O4/c1-18-11-19(14-29-9-2-3-22(29)16-31)4-7-24(18)25(32)15-30-10-8-23(12-26(30)33)34-17-21-6-5-20(27)13-28-21/h4-8,10-13,22,31H,2-3,9,14-17H2,1H3. The number of aryl methyl sites for hydroxylation is 1. The molecule has 1 aliphatic heterocycles. The smallest absolute Gasteiger partial charge is 0.254 e. The minimum atomic E-state index is -0.298. The average Bonchev–Trinajstić information content (AvgIpc) is 3.27. The molecule has 0 radical (unpaired) electrons. The number of nitrogens with zero attached hydrogens (tertiary/aromatic N) is 3. The number of carbonyl (C=O) groups excluding carboxylic acids is 1. The van der Waals surface area contributed by atoms with Gasteiger partial charge in [-0.25, -0.2) is 0 Å². The number of benzene rings is 1. The number of rotatable bonds is 9. The summed E-state index contributed by atoms with van der Waals surface area (Å²) in [6, 6.07) is 12.8. The van der Waals surface area contributed by atoms with Crippen LogP contribution in [0.2, 0.25) is 0 Å². The highest BCUT2D eigenvalue weighted by Crippen LogP contribution is 2.21. The molecule has 0 aliphatic carbocycles. The van der Waals surface area contributed by atoms with Crippen LogP contribution in [0, 0.1) is 6.92 Å². The molecule has 1 N–H and O–H groups in total. The van der Waals surface area contributed by atoms with Crippen LogP contribution >= 0.6 is 15.9 Å². The van der Waals surface area contributed by atoms with Crippen LogP contribution in [0.1, 0.15) is 40.0 Å². The van der Waals surface area contributed by atoms with Crippen molar-refractivity contribution in [2.24, 2.45) is 0 Å². The van der Waals surface area contributed by atoms with Gasteiger partial charge in [0, 0.05) is 41.1 Å². The fourth-order valence-corrected chi connectivity index (χ4v) is 4.52. The van der Waals surface area contributed by atoms with E-state index in [0.29, 0.717) is 11.3 Å². The Morgan fingerprint density at radius 1 is 1.24 bits per heavy atom. The average molecular weight is 526 g/mol. The zero-order valence-corrected chi connectivity index (χ0v) is 20.7. The summed E-state index contributed by atoms with van der Waals surface area (Å²) >= 11 is 3.34. The van der Waals surface area contributed by atoms with Crippen molar-refractivity contribution in [1.29, 1.82) is 0 Å². The second-order valence-corrected chi connectivity index (χ2v) is 9.52. The Hall–Kier alpha value is -2.81. The number of aromatic nitrogens is 2. The number of halogens is 1. The molecule has 0 spiro atoms. The molecule has 178 valence electrons. The van der Waals surface area contributed by atoms with Gasteiger partial charge in [0.1, 0.15) is 12.4 Å². The van der Waals surface area contributed by atoms with Gasteiger partial charge in [0.05, 0.1) is 18.8 Å². The van der Waals surface area contributed by atoms with E-state index in [-0.39, 0.29) is 37.1 Å². The zero-order valence-electron chi connectivity index (χ0n) is 19.1. The number of ketones is 1. The predicted octanol–water partition coefficient (Wildman–Crippen LogP) is 3.73. The third-order valence-electron chi connectivity index (χ3n) is 6.14. The van der Waals surface area contributed by atoms with Gasteiger partial charge in [-0.2, -0.15) is 0 Å². The second kappa shape index (κ2) is 11.1. The lowest BCUT2D eigenvalue weighted by Crippen LogP contribution is -2.31. The van der Waals surface area contributed by atoms with Gasteiger partial charge in [-0.1, -0.05) is 18.2 Å². The number of aliphatic hydroxyl groups is 1. The molecule has 7 nitrogen and oxygen atoms in total. The van der Waals surface area contributed by atoms with Crippen LogP contribution in [0.5, 0.6) is 5.75 Å². The van der Waals surface area contributed by atoms with Crippen molar-refractivity contribution in [2.75, 3.05) is 13.2 Å². The SMILES string of the molecule is Cc1cc(CN2CCCC2CO)ccc1C(=O)Cn1ccc(OCc2ccc(Br)cn2)cc1=O. The highest BCUT2D eigenvalue weighted by Gasteiger charge is 2.23. The van der Waals surface area contributed by atoms with Crippen molar-refractivity contribution in [3.63, 3.8) is 0 Å². The lowest BCUT2D eigenvalue weighted by molar-refractivity contribution is 0.0970. The van der Waals surface area contributed by atoms with Crippen molar-refractivity contribution in [3.05, 3.63) is 92.1 Å². The first kappa shape index (κ1) is 24.3. The maximum absolute atomic E-state index is 12.9. The van der Waals surface area contributed by atoms with Crippen LogP contribution in [0.3, 0.4) is 0 Å². The molecule has 1 unspecified atom stereocenters. The Kier molecular flexibility index (Phi) is 7.92. The van der Waals surface area contributed by atoms with E-state index >= 15 is 0 Å². The number of Topliss-reactive ketones (excluding diaryl/α,β-unsaturated/α-hetero) is 1. The molecule has 0 amide bonds. The maximum Gasteiger partial charge on any atom is 0.254 e. The van der Waals surface area contributed by atoms with E-state index in [1.54, 1.807) is 18.5 Å².